The van der Waals surface area contributed by atoms with Gasteiger partial charge < -0.3 is 9.64 Å². The lowest BCUT2D eigenvalue weighted by Gasteiger charge is -2.31. The predicted molar refractivity (Wildman–Crippen MR) is 63.9 cm³/mol. The quantitative estimate of drug-likeness (QED) is 0.303. The van der Waals surface area contributed by atoms with Gasteiger partial charge in [0.25, 0.3) is 0 Å². The van der Waals surface area contributed by atoms with Gasteiger partial charge in [0.1, 0.15) is 1.12 Å². The highest BCUT2D eigenvalue weighted by atomic mass is 32.1. The number of rotatable bonds is 7. The third-order valence-corrected chi connectivity index (χ3v) is 2.82. The summed E-state index contributed by atoms with van der Waals surface area (Å²) in [6.45, 7) is 4.57. The Morgan fingerprint density at radius 3 is 3.00 bits per heavy atom. The Bertz CT molecular complexity index is 226. The molecule has 0 aliphatic carbocycles. The summed E-state index contributed by atoms with van der Waals surface area (Å²) in [7, 11) is 0. The summed E-state index contributed by atoms with van der Waals surface area (Å²) < 4.78 is 16.7. The van der Waals surface area contributed by atoms with Gasteiger partial charge in [0.2, 0.25) is 5.91 Å². The minimum absolute atomic E-state index is 0.160. The number of nitrogens with zero attached hydrogens (tertiary/aromatic N) is 1. The van der Waals surface area contributed by atoms with Crippen LogP contribution >= 0.6 is 12.8 Å². The Kier molecular flexibility index (Phi) is 6.00. The molecule has 0 unspecified atom stereocenters. The number of thiol groups is 1. The van der Waals surface area contributed by atoms with Crippen LogP contribution in [0.25, 0.3) is 0 Å². The zero-order valence-electron chi connectivity index (χ0n) is 10.6. The molecule has 1 aliphatic heterocycles. The van der Waals surface area contributed by atoms with Crippen molar-refractivity contribution in [3.05, 3.63) is 0 Å². The van der Waals surface area contributed by atoms with E-state index in [2.05, 4.69) is 5.48 Å². The number of piperidine rings is 1. The fraction of sp³-hybridized carbons (Fsp3) is 0.900. The van der Waals surface area contributed by atoms with E-state index in [1.54, 1.807) is 0 Å². The Labute approximate surface area is 103 Å². The number of carbonyl (C=O) groups excluding carboxylic acids is 1. The molecule has 0 atom stereocenters. The van der Waals surface area contributed by atoms with Crippen LogP contribution in [0.5, 0.6) is 0 Å². The van der Waals surface area contributed by atoms with Gasteiger partial charge in [-0.3, -0.25) is 4.79 Å². The lowest BCUT2D eigenvalue weighted by atomic mass is 10.1. The molecule has 5 nitrogen and oxygen atoms in total. The second-order valence-corrected chi connectivity index (χ2v) is 3.97. The van der Waals surface area contributed by atoms with Crippen molar-refractivity contribution >= 4 is 18.7 Å². The molecule has 0 aromatic rings. The van der Waals surface area contributed by atoms with Crippen LogP contribution < -0.4 is 5.48 Å². The first kappa shape index (κ1) is 12.2. The third-order valence-electron chi connectivity index (χ3n) is 2.73. The average Bonchev–Trinajstić information content (AvgIpc) is 2.37. The summed E-state index contributed by atoms with van der Waals surface area (Å²) in [5, 5.41) is 0. The van der Waals surface area contributed by atoms with Crippen molar-refractivity contribution in [1.29, 1.82) is 1.12 Å². The first-order valence-electron chi connectivity index (χ1n) is 6.08. The molecule has 1 N–H and O–H groups in total. The van der Waals surface area contributed by atoms with Crippen molar-refractivity contribution < 1.29 is 13.8 Å². The van der Waals surface area contributed by atoms with Crippen LogP contribution in [0.4, 0.5) is 0 Å². The van der Waals surface area contributed by atoms with Gasteiger partial charge in [0, 0.05) is 25.7 Å². The fourth-order valence-electron chi connectivity index (χ4n) is 1.78. The van der Waals surface area contributed by atoms with Gasteiger partial charge in [0.05, 0.1) is 13.0 Å². The molecular weight excluding hydrogens is 228 g/mol. The van der Waals surface area contributed by atoms with Gasteiger partial charge in [-0.2, -0.15) is 5.48 Å². The van der Waals surface area contributed by atoms with Gasteiger partial charge >= 0.3 is 0 Å². The van der Waals surface area contributed by atoms with E-state index in [0.717, 1.165) is 25.9 Å². The SMILES string of the molecule is [3H]SONC1CCN(C(=O)CCOCC)CC1. The molecule has 0 saturated carbocycles. The summed E-state index contributed by atoms with van der Waals surface area (Å²) in [5.74, 6) is 0.160. The minimum Gasteiger partial charge on any atom is -0.381 e. The van der Waals surface area contributed by atoms with Crippen molar-refractivity contribution in [2.75, 3.05) is 26.3 Å². The maximum absolute atomic E-state index is 11.8. The fourth-order valence-corrected chi connectivity index (χ4v) is 1.91. The molecule has 1 heterocycles. The van der Waals surface area contributed by atoms with E-state index in [-0.39, 0.29) is 11.9 Å². The van der Waals surface area contributed by atoms with Gasteiger partial charge in [-0.1, -0.05) is 0 Å². The van der Waals surface area contributed by atoms with Gasteiger partial charge in [-0.05, 0) is 32.6 Å². The smallest absolute Gasteiger partial charge is 0.224 e. The molecule has 1 aliphatic rings. The Hall–Kier alpha value is -0.300. The number of likely N-dealkylation sites (tertiary alicyclic amines) is 1. The molecule has 0 aromatic carbocycles. The number of ether oxygens (including phenoxy) is 1. The number of amides is 1. The molecule has 1 amide bonds. The van der Waals surface area contributed by atoms with E-state index >= 15 is 0 Å². The monoisotopic (exact) mass is 250 g/mol. The van der Waals surface area contributed by atoms with Crippen molar-refractivity contribution in [1.82, 2.24) is 10.4 Å². The van der Waals surface area contributed by atoms with Crippen LogP contribution in [0.3, 0.4) is 0 Å². The second-order valence-electron chi connectivity index (χ2n) is 3.80. The van der Waals surface area contributed by atoms with Crippen LogP contribution in [-0.2, 0) is 13.8 Å². The zero-order valence-corrected chi connectivity index (χ0v) is 10.4. The van der Waals surface area contributed by atoms with E-state index in [0.29, 0.717) is 32.4 Å². The standard InChI is InChI=1S/C10H20N2O3S/c1-2-14-8-5-10(13)12-6-3-9(4-7-12)11-15-16/h9,11,16H,2-8H2,1H3/i/hT. The number of carbonyl (C=O) groups is 1. The Morgan fingerprint density at radius 1 is 1.62 bits per heavy atom. The molecule has 0 radical (unpaired) electrons. The van der Waals surface area contributed by atoms with E-state index in [1.165, 1.54) is 0 Å². The molecule has 1 fully saturated rings. The summed E-state index contributed by atoms with van der Waals surface area (Å²) in [6.07, 6.45) is 2.19. The third kappa shape index (κ3) is 4.69. The topological polar surface area (TPSA) is 50.8 Å². The van der Waals surface area contributed by atoms with Gasteiger partial charge in [0.15, 0.2) is 0 Å². The van der Waals surface area contributed by atoms with Gasteiger partial charge in [-0.15, -0.1) is 0 Å². The van der Waals surface area contributed by atoms with E-state index in [1.807, 2.05) is 11.8 Å². The normalized spacial score (nSPS) is 18.6. The molecule has 6 heteroatoms. The highest BCUT2D eigenvalue weighted by molar-refractivity contribution is 7.75. The molecule has 0 bridgehead atoms. The predicted octanol–water partition coefficient (Wildman–Crippen LogP) is 0.770. The average molecular weight is 250 g/mol. The number of hydroxylamine groups is 1. The summed E-state index contributed by atoms with van der Waals surface area (Å²) in [6, 6.07) is 0.240. The lowest BCUT2D eigenvalue weighted by molar-refractivity contribution is -0.133. The molecule has 16 heavy (non-hydrogen) atoms. The van der Waals surface area contributed by atoms with Gasteiger partial charge in [-0.25, -0.2) is 4.28 Å². The first-order valence-corrected chi connectivity index (χ1v) is 6.01. The highest BCUT2D eigenvalue weighted by Gasteiger charge is 2.22. The van der Waals surface area contributed by atoms with E-state index < -0.39 is 0 Å². The minimum atomic E-state index is 0.160. The Morgan fingerprint density at radius 2 is 2.38 bits per heavy atom. The highest BCUT2D eigenvalue weighted by Crippen LogP contribution is 2.11. The van der Waals surface area contributed by atoms with Crippen LogP contribution in [0, 0.1) is 0 Å². The van der Waals surface area contributed by atoms with Crippen LogP contribution in [0.15, 0.2) is 0 Å². The van der Waals surface area contributed by atoms with Crippen molar-refractivity contribution in [3.8, 4) is 0 Å². The number of hydrogen-bond donors (Lipinski definition) is 2. The van der Waals surface area contributed by atoms with Crippen molar-refractivity contribution in [2.45, 2.75) is 32.2 Å². The molecule has 94 valence electrons. The summed E-state index contributed by atoms with van der Waals surface area (Å²) in [5.41, 5.74) is 2.80. The van der Waals surface area contributed by atoms with Crippen molar-refractivity contribution in [2.24, 2.45) is 0 Å². The van der Waals surface area contributed by atoms with Crippen LogP contribution in [0.1, 0.15) is 26.2 Å². The maximum Gasteiger partial charge on any atom is 0.224 e. The molecule has 0 spiro atoms. The second kappa shape index (κ2) is 7.89. The molecule has 0 aromatic heterocycles. The van der Waals surface area contributed by atoms with Crippen LogP contribution in [-0.4, -0.2) is 44.3 Å². The van der Waals surface area contributed by atoms with E-state index in [9.17, 15) is 4.79 Å². The van der Waals surface area contributed by atoms with Crippen LogP contribution in [0.2, 0.25) is 0 Å². The summed E-state index contributed by atoms with van der Waals surface area (Å²) >= 11 is 0.558. The zero-order chi connectivity index (χ0) is 12.5. The molecular formula is C10H20N2O3S. The lowest BCUT2D eigenvalue weighted by Crippen LogP contribution is -2.44. The maximum atomic E-state index is 11.8. The molecule has 1 rings (SSSR count). The molecule has 1 saturated heterocycles. The van der Waals surface area contributed by atoms with Crippen molar-refractivity contribution in [3.63, 3.8) is 0 Å². The van der Waals surface area contributed by atoms with E-state index in [4.69, 9.17) is 10.1 Å². The Balaban J connectivity index is 2.15. The first-order chi connectivity index (χ1) is 8.27. The number of nitrogens with one attached hydrogen (secondary N) is 1. The largest absolute Gasteiger partial charge is 0.381 e. The number of hydrogen-bond acceptors (Lipinski definition) is 5. The summed E-state index contributed by atoms with van der Waals surface area (Å²) in [4.78, 5) is 13.6.